The first-order valence-electron chi connectivity index (χ1n) is 8.52. The second kappa shape index (κ2) is 6.93. The number of halogens is 1. The summed E-state index contributed by atoms with van der Waals surface area (Å²) in [6, 6.07) is 13.4. The minimum absolute atomic E-state index is 0.337. The van der Waals surface area contributed by atoms with Crippen LogP contribution in [0.2, 0.25) is 5.02 Å². The van der Waals surface area contributed by atoms with E-state index in [1.54, 1.807) is 12.3 Å². The molecule has 5 nitrogen and oxygen atoms in total. The molecule has 0 unspecified atom stereocenters. The van der Waals surface area contributed by atoms with Crippen LogP contribution in [0.15, 0.2) is 48.7 Å². The first kappa shape index (κ1) is 18.7. The summed E-state index contributed by atoms with van der Waals surface area (Å²) in [6.07, 6.45) is 4.54. The Bertz CT molecular complexity index is 1020. The van der Waals surface area contributed by atoms with Gasteiger partial charge in [-0.15, -0.1) is 0 Å². The monoisotopic (exact) mass is 391 g/mol. The van der Waals surface area contributed by atoms with Crippen molar-refractivity contribution in [3.8, 4) is 0 Å². The molecule has 0 saturated carbocycles. The molecule has 138 valence electrons. The van der Waals surface area contributed by atoms with Crippen LogP contribution >= 0.6 is 11.6 Å². The van der Waals surface area contributed by atoms with Gasteiger partial charge in [0, 0.05) is 10.4 Å². The summed E-state index contributed by atoms with van der Waals surface area (Å²) in [7, 11) is -3.36. The number of hydrogen-bond acceptors (Lipinski definition) is 3. The van der Waals surface area contributed by atoms with Crippen molar-refractivity contribution >= 4 is 38.2 Å². The number of sulfonamides is 1. The van der Waals surface area contributed by atoms with Crippen LogP contribution in [0, 0.1) is 0 Å². The van der Waals surface area contributed by atoms with Crippen molar-refractivity contribution < 1.29 is 8.42 Å². The molecule has 0 atom stereocenters. The molecule has 0 aliphatic carbocycles. The van der Waals surface area contributed by atoms with Crippen LogP contribution in [0.3, 0.4) is 0 Å². The molecular formula is C19H22ClN3O2S. The summed E-state index contributed by atoms with van der Waals surface area (Å²) < 4.78 is 27.9. The van der Waals surface area contributed by atoms with Crippen molar-refractivity contribution in [3.05, 3.63) is 59.2 Å². The van der Waals surface area contributed by atoms with Crippen LogP contribution in [-0.2, 0) is 15.6 Å². The highest BCUT2D eigenvalue weighted by Gasteiger charge is 2.33. The average Bonchev–Trinajstić information content (AvgIpc) is 3.03. The van der Waals surface area contributed by atoms with E-state index in [4.69, 9.17) is 11.6 Å². The topological polar surface area (TPSA) is 64.0 Å². The van der Waals surface area contributed by atoms with Crippen LogP contribution in [0.5, 0.6) is 0 Å². The summed E-state index contributed by atoms with van der Waals surface area (Å²) in [5, 5.41) is 6.12. The fraction of sp³-hybridized carbons (Fsp3) is 0.316. The molecule has 1 aromatic heterocycles. The molecule has 0 fully saturated rings. The highest BCUT2D eigenvalue weighted by atomic mass is 35.5. The molecule has 1 N–H and O–H groups in total. The van der Waals surface area contributed by atoms with Gasteiger partial charge in [0.15, 0.2) is 0 Å². The summed E-state index contributed by atoms with van der Waals surface area (Å²) in [5.41, 5.74) is 2.21. The van der Waals surface area contributed by atoms with Gasteiger partial charge >= 0.3 is 0 Å². The minimum Gasteiger partial charge on any atom is -0.283 e. The Morgan fingerprint density at radius 1 is 1.12 bits per heavy atom. The quantitative estimate of drug-likeness (QED) is 0.666. The molecule has 1 heterocycles. The number of hydrogen-bond donors (Lipinski definition) is 1. The summed E-state index contributed by atoms with van der Waals surface area (Å²) in [6.45, 7) is 4.26. The second-order valence-electron chi connectivity index (χ2n) is 6.41. The SMILES string of the molecule is CCC(CC)(c1ccc(Cl)cc1)n1ncc2c(NS(C)(=O)=O)cccc21. The first-order chi connectivity index (χ1) is 12.3. The van der Waals surface area contributed by atoms with E-state index in [1.807, 2.05) is 41.1 Å². The van der Waals surface area contributed by atoms with E-state index in [9.17, 15) is 8.42 Å². The third-order valence-corrected chi connectivity index (χ3v) is 5.71. The predicted octanol–water partition coefficient (Wildman–Crippen LogP) is 4.62. The Labute approximate surface area is 159 Å². The van der Waals surface area contributed by atoms with E-state index in [1.165, 1.54) is 0 Å². The molecule has 0 radical (unpaired) electrons. The van der Waals surface area contributed by atoms with Crippen molar-refractivity contribution in [1.82, 2.24) is 9.78 Å². The van der Waals surface area contributed by atoms with E-state index < -0.39 is 10.0 Å². The lowest BCUT2D eigenvalue weighted by Crippen LogP contribution is -2.34. The van der Waals surface area contributed by atoms with E-state index in [2.05, 4.69) is 23.7 Å². The van der Waals surface area contributed by atoms with Gasteiger partial charge in [-0.05, 0) is 42.7 Å². The lowest BCUT2D eigenvalue weighted by Gasteiger charge is -2.34. The molecule has 0 aliphatic rings. The lowest BCUT2D eigenvalue weighted by atomic mass is 9.84. The number of rotatable bonds is 6. The van der Waals surface area contributed by atoms with Gasteiger partial charge in [0.05, 0.1) is 29.2 Å². The van der Waals surface area contributed by atoms with Crippen molar-refractivity contribution in [2.45, 2.75) is 32.2 Å². The van der Waals surface area contributed by atoms with E-state index in [-0.39, 0.29) is 5.54 Å². The summed E-state index contributed by atoms with van der Waals surface area (Å²) >= 11 is 6.06. The number of nitrogens with one attached hydrogen (secondary N) is 1. The van der Waals surface area contributed by atoms with Crippen molar-refractivity contribution in [1.29, 1.82) is 0 Å². The van der Waals surface area contributed by atoms with Gasteiger partial charge in [-0.2, -0.15) is 5.10 Å². The Kier molecular flexibility index (Phi) is 4.99. The molecule has 7 heteroatoms. The first-order valence-corrected chi connectivity index (χ1v) is 10.8. The molecular weight excluding hydrogens is 370 g/mol. The Hall–Kier alpha value is -2.05. The lowest BCUT2D eigenvalue weighted by molar-refractivity contribution is 0.307. The largest absolute Gasteiger partial charge is 0.283 e. The Morgan fingerprint density at radius 2 is 1.77 bits per heavy atom. The van der Waals surface area contributed by atoms with Crippen molar-refractivity contribution in [2.75, 3.05) is 11.0 Å². The maximum Gasteiger partial charge on any atom is 0.229 e. The second-order valence-corrected chi connectivity index (χ2v) is 8.60. The maximum atomic E-state index is 11.7. The molecule has 0 spiro atoms. The minimum atomic E-state index is -3.36. The molecule has 2 aromatic carbocycles. The maximum absolute atomic E-state index is 11.7. The fourth-order valence-corrected chi connectivity index (χ4v) is 4.22. The highest BCUT2D eigenvalue weighted by Crippen LogP contribution is 2.37. The van der Waals surface area contributed by atoms with E-state index in [0.29, 0.717) is 10.7 Å². The summed E-state index contributed by atoms with van der Waals surface area (Å²) in [5.74, 6) is 0. The fourth-order valence-electron chi connectivity index (χ4n) is 3.52. The van der Waals surface area contributed by atoms with Crippen LogP contribution in [-0.4, -0.2) is 24.5 Å². The zero-order valence-corrected chi connectivity index (χ0v) is 16.6. The zero-order valence-electron chi connectivity index (χ0n) is 15.0. The van der Waals surface area contributed by atoms with Gasteiger partial charge in [-0.1, -0.05) is 43.6 Å². The molecule has 3 aromatic rings. The number of nitrogens with zero attached hydrogens (tertiary/aromatic N) is 2. The van der Waals surface area contributed by atoms with Crippen molar-refractivity contribution in [2.24, 2.45) is 0 Å². The molecule has 0 aliphatic heterocycles. The molecule has 3 rings (SSSR count). The molecule has 26 heavy (non-hydrogen) atoms. The number of anilines is 1. The smallest absolute Gasteiger partial charge is 0.229 e. The van der Waals surface area contributed by atoms with Crippen LogP contribution in [0.25, 0.3) is 10.9 Å². The van der Waals surface area contributed by atoms with E-state index in [0.717, 1.165) is 35.6 Å². The summed E-state index contributed by atoms with van der Waals surface area (Å²) in [4.78, 5) is 0. The number of aromatic nitrogens is 2. The standard InChI is InChI=1S/C19H22ClN3O2S/c1-4-19(5-2,14-9-11-15(20)12-10-14)23-18-8-6-7-17(16(18)13-21-23)22-26(3,24)25/h6-13,22H,4-5H2,1-3H3. The van der Waals surface area contributed by atoms with Crippen LogP contribution in [0.1, 0.15) is 32.3 Å². The van der Waals surface area contributed by atoms with Gasteiger partial charge in [0.2, 0.25) is 10.0 Å². The third-order valence-electron chi connectivity index (χ3n) is 4.87. The average molecular weight is 392 g/mol. The van der Waals surface area contributed by atoms with Crippen LogP contribution < -0.4 is 4.72 Å². The zero-order chi connectivity index (χ0) is 18.9. The normalized spacial score (nSPS) is 12.5. The predicted molar refractivity (Wildman–Crippen MR) is 107 cm³/mol. The van der Waals surface area contributed by atoms with Gasteiger partial charge in [0.25, 0.3) is 0 Å². The van der Waals surface area contributed by atoms with Gasteiger partial charge in [-0.3, -0.25) is 9.40 Å². The van der Waals surface area contributed by atoms with Gasteiger partial charge < -0.3 is 0 Å². The van der Waals surface area contributed by atoms with E-state index >= 15 is 0 Å². The van der Waals surface area contributed by atoms with Gasteiger partial charge in [0.1, 0.15) is 0 Å². The molecule has 0 saturated heterocycles. The Morgan fingerprint density at radius 3 is 2.35 bits per heavy atom. The number of fused-ring (bicyclic) bond motifs is 1. The number of benzene rings is 2. The highest BCUT2D eigenvalue weighted by molar-refractivity contribution is 7.92. The molecule has 0 bridgehead atoms. The molecule has 0 amide bonds. The van der Waals surface area contributed by atoms with Gasteiger partial charge in [-0.25, -0.2) is 8.42 Å². The van der Waals surface area contributed by atoms with Crippen molar-refractivity contribution in [3.63, 3.8) is 0 Å². The van der Waals surface area contributed by atoms with Crippen LogP contribution in [0.4, 0.5) is 5.69 Å². The third kappa shape index (κ3) is 3.31. The Balaban J connectivity index is 2.22.